The zero-order valence-electron chi connectivity index (χ0n) is 12.2. The Morgan fingerprint density at radius 2 is 2.00 bits per heavy atom. The zero-order chi connectivity index (χ0) is 14.4. The maximum atomic E-state index is 6.25. The second-order valence-electron chi connectivity index (χ2n) is 6.61. The Bertz CT molecular complexity index is 552. The van der Waals surface area contributed by atoms with Crippen molar-refractivity contribution >= 4 is 27.6 Å². The average molecular weight is 336 g/mol. The van der Waals surface area contributed by atoms with Gasteiger partial charge in [-0.15, -0.1) is 0 Å². The molecule has 1 spiro atoms. The number of guanidine groups is 1. The van der Waals surface area contributed by atoms with Gasteiger partial charge in [0.25, 0.3) is 0 Å². The fourth-order valence-corrected chi connectivity index (χ4v) is 4.22. The number of nitrogens with zero attached hydrogens (tertiary/aromatic N) is 2. The van der Waals surface area contributed by atoms with E-state index in [1.807, 2.05) is 6.07 Å². The van der Waals surface area contributed by atoms with Gasteiger partial charge >= 0.3 is 0 Å². The minimum absolute atomic E-state index is 0.0378. The molecule has 1 aliphatic heterocycles. The molecule has 1 aliphatic carbocycles. The molecule has 1 aromatic carbocycles. The molecule has 0 amide bonds. The molecule has 2 aliphatic rings. The molecule has 20 heavy (non-hydrogen) atoms. The molecule has 1 unspecified atom stereocenters. The van der Waals surface area contributed by atoms with E-state index in [4.69, 9.17) is 5.73 Å². The summed E-state index contributed by atoms with van der Waals surface area (Å²) in [6, 6.07) is 8.38. The first-order valence-corrected chi connectivity index (χ1v) is 8.11. The predicted molar refractivity (Wildman–Crippen MR) is 88.1 cm³/mol. The van der Waals surface area contributed by atoms with Crippen molar-refractivity contribution in [3.05, 3.63) is 28.7 Å². The fraction of sp³-hybridized carbons (Fsp3) is 0.562. The van der Waals surface area contributed by atoms with Gasteiger partial charge in [0.2, 0.25) is 0 Å². The summed E-state index contributed by atoms with van der Waals surface area (Å²) in [6.07, 6.45) is 4.97. The minimum Gasteiger partial charge on any atom is -0.369 e. The Hall–Kier alpha value is -1.03. The van der Waals surface area contributed by atoms with Crippen molar-refractivity contribution in [2.45, 2.75) is 45.1 Å². The van der Waals surface area contributed by atoms with Crippen molar-refractivity contribution in [1.29, 1.82) is 0 Å². The number of benzene rings is 1. The van der Waals surface area contributed by atoms with E-state index in [1.54, 1.807) is 0 Å². The summed E-state index contributed by atoms with van der Waals surface area (Å²) in [5.41, 5.74) is 7.65. The topological polar surface area (TPSA) is 41.6 Å². The Balaban J connectivity index is 2.08. The second kappa shape index (κ2) is 4.76. The van der Waals surface area contributed by atoms with E-state index in [9.17, 15) is 0 Å². The van der Waals surface area contributed by atoms with Crippen LogP contribution in [-0.4, -0.2) is 18.0 Å². The Morgan fingerprint density at radius 3 is 2.70 bits per heavy atom. The molecule has 1 heterocycles. The molecule has 1 saturated carbocycles. The normalized spacial score (nSPS) is 28.8. The third kappa shape index (κ3) is 1.96. The van der Waals surface area contributed by atoms with Gasteiger partial charge in [0, 0.05) is 10.2 Å². The Labute approximate surface area is 129 Å². The predicted octanol–water partition coefficient (Wildman–Crippen LogP) is 3.92. The molecule has 1 aromatic rings. The van der Waals surface area contributed by atoms with Crippen LogP contribution in [0.2, 0.25) is 0 Å². The van der Waals surface area contributed by atoms with Crippen LogP contribution in [0.5, 0.6) is 0 Å². The van der Waals surface area contributed by atoms with Crippen molar-refractivity contribution in [1.82, 2.24) is 0 Å². The van der Waals surface area contributed by atoms with Crippen molar-refractivity contribution in [2.75, 3.05) is 11.4 Å². The highest BCUT2D eigenvalue weighted by atomic mass is 79.9. The maximum absolute atomic E-state index is 6.25. The van der Waals surface area contributed by atoms with E-state index in [-0.39, 0.29) is 11.0 Å². The first-order valence-electron chi connectivity index (χ1n) is 7.32. The van der Waals surface area contributed by atoms with Gasteiger partial charge < -0.3 is 10.6 Å². The SMILES string of the molecule is CC1(C)CCCCC12CN=C(N)N2c1cccc(Br)c1. The lowest BCUT2D eigenvalue weighted by Gasteiger charge is -2.53. The maximum Gasteiger partial charge on any atom is 0.196 e. The van der Waals surface area contributed by atoms with E-state index < -0.39 is 0 Å². The summed E-state index contributed by atoms with van der Waals surface area (Å²) in [7, 11) is 0. The van der Waals surface area contributed by atoms with Crippen LogP contribution < -0.4 is 10.6 Å². The summed E-state index contributed by atoms with van der Waals surface area (Å²) < 4.78 is 1.08. The molecule has 4 heteroatoms. The van der Waals surface area contributed by atoms with Crippen LogP contribution >= 0.6 is 15.9 Å². The van der Waals surface area contributed by atoms with E-state index in [0.29, 0.717) is 5.96 Å². The lowest BCUT2D eigenvalue weighted by Crippen LogP contribution is -2.61. The molecule has 3 rings (SSSR count). The highest BCUT2D eigenvalue weighted by Crippen LogP contribution is 2.50. The Kier molecular flexibility index (Phi) is 3.32. The first-order chi connectivity index (χ1) is 9.46. The molecular formula is C16H22BrN3. The van der Waals surface area contributed by atoms with Crippen LogP contribution in [-0.2, 0) is 0 Å². The lowest BCUT2D eigenvalue weighted by molar-refractivity contribution is 0.115. The minimum atomic E-state index is 0.0378. The molecule has 0 saturated heterocycles. The standard InChI is InChI=1S/C16H22BrN3/c1-15(2)8-3-4-9-16(15)11-19-14(18)20(16)13-7-5-6-12(17)10-13/h5-7,10H,3-4,8-9,11H2,1-2H3,(H2,18,19). The van der Waals surface area contributed by atoms with E-state index >= 15 is 0 Å². The number of halogens is 1. The van der Waals surface area contributed by atoms with Crippen molar-refractivity contribution < 1.29 is 0 Å². The quantitative estimate of drug-likeness (QED) is 0.844. The molecule has 1 fully saturated rings. The highest BCUT2D eigenvalue weighted by Gasteiger charge is 2.54. The number of nitrogens with two attached hydrogens (primary N) is 1. The average Bonchev–Trinajstić information content (AvgIpc) is 2.72. The fourth-order valence-electron chi connectivity index (χ4n) is 3.83. The van der Waals surface area contributed by atoms with Crippen LogP contribution in [0.25, 0.3) is 0 Å². The summed E-state index contributed by atoms with van der Waals surface area (Å²) in [4.78, 5) is 6.89. The number of aliphatic imine (C=N–C) groups is 1. The van der Waals surface area contributed by atoms with Gasteiger partial charge in [-0.05, 0) is 36.5 Å². The molecule has 1 atom stereocenters. The first kappa shape index (κ1) is 13.9. The molecule has 2 N–H and O–H groups in total. The number of hydrogen-bond donors (Lipinski definition) is 1. The van der Waals surface area contributed by atoms with Crippen LogP contribution in [0, 0.1) is 5.41 Å². The molecule has 0 radical (unpaired) electrons. The van der Waals surface area contributed by atoms with Crippen molar-refractivity contribution in [2.24, 2.45) is 16.1 Å². The van der Waals surface area contributed by atoms with Crippen LogP contribution in [0.1, 0.15) is 39.5 Å². The molecular weight excluding hydrogens is 314 g/mol. The third-order valence-corrected chi connectivity index (χ3v) is 5.62. The van der Waals surface area contributed by atoms with Crippen molar-refractivity contribution in [3.63, 3.8) is 0 Å². The van der Waals surface area contributed by atoms with Crippen molar-refractivity contribution in [3.8, 4) is 0 Å². The Morgan fingerprint density at radius 1 is 1.25 bits per heavy atom. The molecule has 108 valence electrons. The summed E-state index contributed by atoms with van der Waals surface area (Å²) >= 11 is 3.56. The molecule has 0 aromatic heterocycles. The summed E-state index contributed by atoms with van der Waals surface area (Å²) in [5.74, 6) is 0.665. The van der Waals surface area contributed by atoms with Gasteiger partial charge in [-0.3, -0.25) is 4.99 Å². The summed E-state index contributed by atoms with van der Waals surface area (Å²) in [6.45, 7) is 5.55. The largest absolute Gasteiger partial charge is 0.369 e. The molecule has 0 bridgehead atoms. The van der Waals surface area contributed by atoms with E-state index in [2.05, 4.69) is 57.9 Å². The second-order valence-corrected chi connectivity index (χ2v) is 7.53. The van der Waals surface area contributed by atoms with Gasteiger partial charge in [-0.25, -0.2) is 0 Å². The van der Waals surface area contributed by atoms with Gasteiger partial charge in [-0.2, -0.15) is 0 Å². The van der Waals surface area contributed by atoms with Gasteiger partial charge in [0.05, 0.1) is 12.1 Å². The van der Waals surface area contributed by atoms with Gasteiger partial charge in [0.1, 0.15) is 0 Å². The van der Waals surface area contributed by atoms with Crippen LogP contribution in [0.3, 0.4) is 0 Å². The van der Waals surface area contributed by atoms with Crippen LogP contribution in [0.4, 0.5) is 5.69 Å². The monoisotopic (exact) mass is 335 g/mol. The lowest BCUT2D eigenvalue weighted by atomic mass is 9.62. The van der Waals surface area contributed by atoms with Gasteiger partial charge in [0.15, 0.2) is 5.96 Å². The van der Waals surface area contributed by atoms with Gasteiger partial charge in [-0.1, -0.05) is 48.7 Å². The molecule has 3 nitrogen and oxygen atoms in total. The highest BCUT2D eigenvalue weighted by molar-refractivity contribution is 9.10. The number of rotatable bonds is 1. The van der Waals surface area contributed by atoms with Crippen LogP contribution in [0.15, 0.2) is 33.7 Å². The summed E-state index contributed by atoms with van der Waals surface area (Å²) in [5, 5.41) is 0. The van der Waals surface area contributed by atoms with E-state index in [0.717, 1.165) is 23.1 Å². The smallest absolute Gasteiger partial charge is 0.196 e. The third-order valence-electron chi connectivity index (χ3n) is 5.13. The number of hydrogen-bond acceptors (Lipinski definition) is 3. The number of anilines is 1. The van der Waals surface area contributed by atoms with E-state index in [1.165, 1.54) is 19.3 Å². The zero-order valence-corrected chi connectivity index (χ0v) is 13.8.